The Bertz CT molecular complexity index is 856. The third-order valence-corrected chi connectivity index (χ3v) is 5.94. The SMILES string of the molecule is O=C(CSc1nnc(Nc2ccccc2F)s1)Nc1ncc(Br)s1. The molecule has 1 amide bonds. The molecular weight excluding hydrogens is 437 g/mol. The highest BCUT2D eigenvalue weighted by atomic mass is 79.9. The summed E-state index contributed by atoms with van der Waals surface area (Å²) in [5.74, 6) is -0.359. The van der Waals surface area contributed by atoms with Crippen LogP contribution >= 0.6 is 50.4 Å². The van der Waals surface area contributed by atoms with Crippen molar-refractivity contribution in [2.24, 2.45) is 0 Å². The van der Waals surface area contributed by atoms with Crippen LogP contribution in [-0.2, 0) is 4.79 Å². The summed E-state index contributed by atoms with van der Waals surface area (Å²) in [7, 11) is 0. The number of halogens is 2. The average Bonchev–Trinajstić information content (AvgIpc) is 3.17. The summed E-state index contributed by atoms with van der Waals surface area (Å²) in [6.07, 6.45) is 1.62. The van der Waals surface area contributed by atoms with Gasteiger partial charge in [0, 0.05) is 0 Å². The van der Waals surface area contributed by atoms with Crippen LogP contribution in [0, 0.1) is 5.82 Å². The van der Waals surface area contributed by atoms with Gasteiger partial charge in [0.05, 0.1) is 21.4 Å². The lowest BCUT2D eigenvalue weighted by Crippen LogP contribution is -2.13. The molecule has 11 heteroatoms. The molecule has 2 aromatic heterocycles. The number of aromatic nitrogens is 3. The number of anilines is 3. The number of hydrogen-bond acceptors (Lipinski definition) is 8. The van der Waals surface area contributed by atoms with Crippen LogP contribution in [0.2, 0.25) is 0 Å². The first-order valence-electron chi connectivity index (χ1n) is 6.49. The van der Waals surface area contributed by atoms with Crippen molar-refractivity contribution in [3.8, 4) is 0 Å². The highest BCUT2D eigenvalue weighted by molar-refractivity contribution is 9.11. The number of benzene rings is 1. The standard InChI is InChI=1S/C13H9BrFN5OS3/c14-9-5-16-11(23-9)18-10(21)6-22-13-20-19-12(24-13)17-8-4-2-1-3-7(8)15/h1-5H,6H2,(H,17,19)(H,16,18,21). The number of para-hydroxylation sites is 1. The van der Waals surface area contributed by atoms with E-state index in [-0.39, 0.29) is 17.5 Å². The second kappa shape index (κ2) is 8.01. The minimum absolute atomic E-state index is 0.180. The van der Waals surface area contributed by atoms with E-state index in [1.54, 1.807) is 24.4 Å². The molecule has 124 valence electrons. The molecule has 0 aliphatic heterocycles. The molecule has 0 aliphatic carbocycles. The van der Waals surface area contributed by atoms with Crippen LogP contribution in [0.4, 0.5) is 20.3 Å². The van der Waals surface area contributed by atoms with Gasteiger partial charge in [-0.1, -0.05) is 46.6 Å². The number of rotatable bonds is 6. The van der Waals surface area contributed by atoms with Gasteiger partial charge in [0.2, 0.25) is 11.0 Å². The van der Waals surface area contributed by atoms with Gasteiger partial charge in [-0.05, 0) is 28.1 Å². The molecule has 0 bridgehead atoms. The predicted octanol–water partition coefficient (Wildman–Crippen LogP) is 4.37. The minimum atomic E-state index is -0.365. The molecule has 3 aromatic rings. The van der Waals surface area contributed by atoms with Gasteiger partial charge >= 0.3 is 0 Å². The van der Waals surface area contributed by atoms with Crippen molar-refractivity contribution in [3.63, 3.8) is 0 Å². The van der Waals surface area contributed by atoms with Gasteiger partial charge in [-0.3, -0.25) is 4.79 Å². The number of amides is 1. The maximum absolute atomic E-state index is 13.6. The Hall–Kier alpha value is -1.56. The van der Waals surface area contributed by atoms with Crippen molar-refractivity contribution >= 4 is 72.2 Å². The van der Waals surface area contributed by atoms with Crippen LogP contribution in [0.1, 0.15) is 0 Å². The highest BCUT2D eigenvalue weighted by Gasteiger charge is 2.11. The summed E-state index contributed by atoms with van der Waals surface area (Å²) in [4.78, 5) is 15.9. The van der Waals surface area contributed by atoms with E-state index in [9.17, 15) is 9.18 Å². The quantitative estimate of drug-likeness (QED) is 0.548. The van der Waals surface area contributed by atoms with E-state index in [2.05, 4.69) is 41.7 Å². The molecule has 2 heterocycles. The lowest BCUT2D eigenvalue weighted by molar-refractivity contribution is -0.113. The second-order valence-corrected chi connectivity index (χ2v) is 8.89. The monoisotopic (exact) mass is 445 g/mol. The first-order chi connectivity index (χ1) is 11.6. The number of nitrogens with one attached hydrogen (secondary N) is 2. The molecule has 0 saturated carbocycles. The molecule has 0 fully saturated rings. The normalized spacial score (nSPS) is 10.6. The Labute approximate surface area is 157 Å². The van der Waals surface area contributed by atoms with Crippen LogP contribution in [0.3, 0.4) is 0 Å². The fourth-order valence-electron chi connectivity index (χ4n) is 1.59. The van der Waals surface area contributed by atoms with E-state index in [0.717, 1.165) is 3.79 Å². The fraction of sp³-hybridized carbons (Fsp3) is 0.0769. The third kappa shape index (κ3) is 4.72. The van der Waals surface area contributed by atoms with E-state index < -0.39 is 0 Å². The number of thiazole rings is 1. The average molecular weight is 446 g/mol. The molecule has 0 atom stereocenters. The summed E-state index contributed by atoms with van der Waals surface area (Å²) in [5.41, 5.74) is 0.331. The number of carbonyl (C=O) groups excluding carboxylic acids is 1. The molecule has 0 aliphatic rings. The van der Waals surface area contributed by atoms with Gasteiger partial charge in [0.25, 0.3) is 0 Å². The van der Waals surface area contributed by atoms with E-state index in [1.165, 1.54) is 40.5 Å². The van der Waals surface area contributed by atoms with Gasteiger partial charge in [-0.25, -0.2) is 9.37 Å². The first-order valence-corrected chi connectivity index (χ1v) is 9.90. The van der Waals surface area contributed by atoms with Gasteiger partial charge in [-0.15, -0.1) is 10.2 Å². The fourth-order valence-corrected chi connectivity index (χ4v) is 4.28. The molecule has 6 nitrogen and oxygen atoms in total. The molecule has 24 heavy (non-hydrogen) atoms. The second-order valence-electron chi connectivity index (χ2n) is 4.28. The molecule has 3 rings (SSSR count). The van der Waals surface area contributed by atoms with Gasteiger partial charge in [0.1, 0.15) is 5.82 Å². The zero-order valence-corrected chi connectivity index (χ0v) is 15.9. The third-order valence-electron chi connectivity index (χ3n) is 2.57. The number of nitrogens with zero attached hydrogens (tertiary/aromatic N) is 3. The molecular formula is C13H9BrFN5OS3. The van der Waals surface area contributed by atoms with Gasteiger partial charge in [0.15, 0.2) is 9.47 Å². The van der Waals surface area contributed by atoms with Crippen LogP contribution in [0.25, 0.3) is 0 Å². The van der Waals surface area contributed by atoms with Crippen LogP contribution in [0.5, 0.6) is 0 Å². The Morgan fingerprint density at radius 3 is 2.83 bits per heavy atom. The van der Waals surface area contributed by atoms with Crippen LogP contribution in [0.15, 0.2) is 38.6 Å². The summed E-state index contributed by atoms with van der Waals surface area (Å²) < 4.78 is 15.0. The van der Waals surface area contributed by atoms with E-state index >= 15 is 0 Å². The Morgan fingerprint density at radius 2 is 2.08 bits per heavy atom. The first kappa shape index (κ1) is 17.3. The van der Waals surface area contributed by atoms with E-state index in [4.69, 9.17) is 0 Å². The molecule has 0 radical (unpaired) electrons. The van der Waals surface area contributed by atoms with E-state index in [1.807, 2.05) is 0 Å². The minimum Gasteiger partial charge on any atom is -0.328 e. The van der Waals surface area contributed by atoms with Crippen molar-refractivity contribution in [2.75, 3.05) is 16.4 Å². The lowest BCUT2D eigenvalue weighted by Gasteiger charge is -2.01. The van der Waals surface area contributed by atoms with Crippen molar-refractivity contribution in [3.05, 3.63) is 40.1 Å². The highest BCUT2D eigenvalue weighted by Crippen LogP contribution is 2.29. The maximum Gasteiger partial charge on any atom is 0.236 e. The molecule has 1 aromatic carbocycles. The number of carbonyl (C=O) groups is 1. The molecule has 0 saturated heterocycles. The Morgan fingerprint density at radius 1 is 1.25 bits per heavy atom. The Kier molecular flexibility index (Phi) is 5.76. The van der Waals surface area contributed by atoms with Crippen LogP contribution in [-0.4, -0.2) is 26.8 Å². The topological polar surface area (TPSA) is 79.8 Å². The molecule has 0 unspecified atom stereocenters. The van der Waals surface area contributed by atoms with Gasteiger partial charge < -0.3 is 10.6 Å². The summed E-state index contributed by atoms with van der Waals surface area (Å²) in [6, 6.07) is 6.31. The summed E-state index contributed by atoms with van der Waals surface area (Å²) in [6.45, 7) is 0. The summed E-state index contributed by atoms with van der Waals surface area (Å²) >= 11 is 7.13. The largest absolute Gasteiger partial charge is 0.328 e. The number of thioether (sulfide) groups is 1. The zero-order chi connectivity index (χ0) is 16.9. The summed E-state index contributed by atoms with van der Waals surface area (Å²) in [5, 5.41) is 14.5. The smallest absolute Gasteiger partial charge is 0.236 e. The van der Waals surface area contributed by atoms with Crippen molar-refractivity contribution in [2.45, 2.75) is 4.34 Å². The van der Waals surface area contributed by atoms with Crippen molar-refractivity contribution < 1.29 is 9.18 Å². The van der Waals surface area contributed by atoms with Crippen molar-refractivity contribution in [1.82, 2.24) is 15.2 Å². The Balaban J connectivity index is 1.52. The van der Waals surface area contributed by atoms with Gasteiger partial charge in [-0.2, -0.15) is 0 Å². The number of hydrogen-bond donors (Lipinski definition) is 2. The van der Waals surface area contributed by atoms with Crippen LogP contribution < -0.4 is 10.6 Å². The van der Waals surface area contributed by atoms with Crippen molar-refractivity contribution in [1.29, 1.82) is 0 Å². The predicted molar refractivity (Wildman–Crippen MR) is 98.8 cm³/mol. The lowest BCUT2D eigenvalue weighted by atomic mass is 10.3. The zero-order valence-electron chi connectivity index (χ0n) is 11.8. The van der Waals surface area contributed by atoms with E-state index in [0.29, 0.717) is 20.3 Å². The molecule has 0 spiro atoms. The molecule has 2 N–H and O–H groups in total. The maximum atomic E-state index is 13.6.